The second kappa shape index (κ2) is 12.6. The van der Waals surface area contributed by atoms with Crippen molar-refractivity contribution in [2.45, 2.75) is 78.0 Å². The van der Waals surface area contributed by atoms with E-state index in [2.05, 4.69) is 24.1 Å². The van der Waals surface area contributed by atoms with Crippen LogP contribution in [-0.2, 0) is 9.47 Å². The van der Waals surface area contributed by atoms with Gasteiger partial charge in [0.15, 0.2) is 0 Å². The first-order valence-corrected chi connectivity index (χ1v) is 14.8. The Labute approximate surface area is 249 Å². The van der Waals surface area contributed by atoms with E-state index in [1.807, 2.05) is 70.0 Å². The number of benzene rings is 1. The maximum atomic E-state index is 13.2. The van der Waals surface area contributed by atoms with Gasteiger partial charge in [0.2, 0.25) is 0 Å². The Balaban J connectivity index is 1.53. The Hall–Kier alpha value is -3.79. The van der Waals surface area contributed by atoms with Gasteiger partial charge in [-0.2, -0.15) is 0 Å². The Kier molecular flexibility index (Phi) is 9.35. The zero-order chi connectivity index (χ0) is 30.7. The van der Waals surface area contributed by atoms with E-state index in [0.717, 1.165) is 30.5 Å². The number of allylic oxidation sites excluding steroid dienone is 1. The lowest BCUT2D eigenvalue weighted by Crippen LogP contribution is -2.54. The molecule has 1 unspecified atom stereocenters. The summed E-state index contributed by atoms with van der Waals surface area (Å²) in [6, 6.07) is 5.55. The van der Waals surface area contributed by atoms with Crippen LogP contribution in [0, 0.1) is 6.92 Å². The van der Waals surface area contributed by atoms with Crippen molar-refractivity contribution in [3.05, 3.63) is 65.1 Å². The first kappa shape index (κ1) is 31.2. The van der Waals surface area contributed by atoms with Gasteiger partial charge in [0, 0.05) is 48.3 Å². The molecule has 0 aromatic heterocycles. The topological polar surface area (TPSA) is 122 Å². The fourth-order valence-corrected chi connectivity index (χ4v) is 5.57. The van der Waals surface area contributed by atoms with Crippen LogP contribution in [0.4, 0.5) is 10.5 Å². The maximum Gasteiger partial charge on any atom is 0.410 e. The van der Waals surface area contributed by atoms with Crippen molar-refractivity contribution in [1.82, 2.24) is 20.4 Å². The van der Waals surface area contributed by atoms with E-state index in [0.29, 0.717) is 61.2 Å². The molecule has 2 saturated heterocycles. The highest BCUT2D eigenvalue weighted by Crippen LogP contribution is 2.30. The minimum Gasteiger partial charge on any atom is -0.444 e. The molecule has 1 atom stereocenters. The van der Waals surface area contributed by atoms with Crippen LogP contribution in [-0.4, -0.2) is 77.7 Å². The molecule has 0 spiro atoms. The third kappa shape index (κ3) is 7.15. The number of morpholine rings is 1. The lowest BCUT2D eigenvalue weighted by Gasteiger charge is -2.43. The summed E-state index contributed by atoms with van der Waals surface area (Å²) >= 11 is 0. The van der Waals surface area contributed by atoms with Gasteiger partial charge in [0.25, 0.3) is 5.91 Å². The summed E-state index contributed by atoms with van der Waals surface area (Å²) in [5, 5.41) is 6.90. The molecule has 2 fully saturated rings. The lowest BCUT2D eigenvalue weighted by atomic mass is 9.84. The van der Waals surface area contributed by atoms with Crippen molar-refractivity contribution in [1.29, 1.82) is 0 Å². The van der Waals surface area contributed by atoms with Crippen LogP contribution >= 0.6 is 0 Å². The molecule has 10 nitrogen and oxygen atoms in total. The fourth-order valence-electron chi connectivity index (χ4n) is 5.57. The quantitative estimate of drug-likeness (QED) is 0.336. The summed E-state index contributed by atoms with van der Waals surface area (Å²) in [5.74, 6) is 0.315. The number of carbonyl (C=O) groups excluding carboxylic acids is 2. The molecular formula is C32H46N6O4. The van der Waals surface area contributed by atoms with E-state index in [4.69, 9.17) is 20.2 Å². The molecule has 228 valence electrons. The average molecular weight is 579 g/mol. The van der Waals surface area contributed by atoms with Crippen molar-refractivity contribution in [3.63, 3.8) is 0 Å². The van der Waals surface area contributed by atoms with Gasteiger partial charge in [-0.25, -0.2) is 9.79 Å². The normalized spacial score (nSPS) is 21.2. The van der Waals surface area contributed by atoms with Gasteiger partial charge in [0.05, 0.1) is 30.5 Å². The molecule has 42 heavy (non-hydrogen) atoms. The fraction of sp³-hybridized carbons (Fsp3) is 0.531. The zero-order valence-corrected chi connectivity index (χ0v) is 25.9. The van der Waals surface area contributed by atoms with Crippen LogP contribution in [0.3, 0.4) is 0 Å². The number of carbonyl (C=O) groups is 2. The van der Waals surface area contributed by atoms with E-state index < -0.39 is 5.60 Å². The van der Waals surface area contributed by atoms with E-state index in [9.17, 15) is 9.59 Å². The summed E-state index contributed by atoms with van der Waals surface area (Å²) in [6.07, 6.45) is 5.90. The molecular weight excluding hydrogens is 532 g/mol. The number of likely N-dealkylation sites (tertiary alicyclic amines) is 1. The highest BCUT2D eigenvalue weighted by Gasteiger charge is 2.37. The molecule has 0 saturated carbocycles. The molecule has 0 radical (unpaired) electrons. The molecule has 10 heteroatoms. The number of nitrogens with zero attached hydrogens (tertiary/aromatic N) is 3. The lowest BCUT2D eigenvalue weighted by molar-refractivity contribution is 0.00354. The number of rotatable bonds is 6. The van der Waals surface area contributed by atoms with E-state index in [1.54, 1.807) is 4.90 Å². The number of ether oxygens (including phenoxy) is 2. The van der Waals surface area contributed by atoms with Crippen molar-refractivity contribution in [2.24, 2.45) is 10.7 Å². The first-order chi connectivity index (χ1) is 19.8. The number of hydrogen-bond donors (Lipinski definition) is 3. The SMILES string of the molecule is C=C1NC=CC(NC2(CC)CCN(C(=O)OC(C)(C)C)CC2)=C1C(N)=Nc1ccc(C(=O)N2CCOCC2C)c(C)c1. The Morgan fingerprint density at radius 2 is 1.98 bits per heavy atom. The van der Waals surface area contributed by atoms with Gasteiger partial charge in [-0.15, -0.1) is 0 Å². The Morgan fingerprint density at radius 1 is 1.26 bits per heavy atom. The molecule has 4 N–H and O–H groups in total. The third-order valence-electron chi connectivity index (χ3n) is 8.10. The molecule has 1 aromatic carbocycles. The molecule has 3 heterocycles. The van der Waals surface area contributed by atoms with Crippen LogP contribution < -0.4 is 16.4 Å². The summed E-state index contributed by atoms with van der Waals surface area (Å²) in [4.78, 5) is 34.2. The van der Waals surface area contributed by atoms with Gasteiger partial charge >= 0.3 is 6.09 Å². The number of hydrogen-bond acceptors (Lipinski definition) is 7. The second-order valence-electron chi connectivity index (χ2n) is 12.4. The standard InChI is InChI=1S/C32H46N6O4/c1-8-32(12-15-37(16-13-32)30(40)42-31(5,6)7)36-26-11-14-34-23(4)27(26)28(33)35-24-9-10-25(21(2)19-24)29(39)38-17-18-41-20-22(38)3/h9-11,14,19,22,34,36H,4,8,12-13,15-18,20H2,1-3,5-7H3,(H2,33,35). The molecule has 1 aromatic rings. The van der Waals surface area contributed by atoms with E-state index >= 15 is 0 Å². The Morgan fingerprint density at radius 3 is 2.60 bits per heavy atom. The summed E-state index contributed by atoms with van der Waals surface area (Å²) in [6.45, 7) is 18.7. The highest BCUT2D eigenvalue weighted by molar-refractivity contribution is 6.03. The molecule has 4 rings (SSSR count). The zero-order valence-electron chi connectivity index (χ0n) is 25.9. The van der Waals surface area contributed by atoms with Gasteiger partial charge in [-0.05, 0) is 83.7 Å². The summed E-state index contributed by atoms with van der Waals surface area (Å²) in [7, 11) is 0. The van der Waals surface area contributed by atoms with Gasteiger partial charge in [-0.3, -0.25) is 4.79 Å². The summed E-state index contributed by atoms with van der Waals surface area (Å²) < 4.78 is 11.1. The van der Waals surface area contributed by atoms with Crippen molar-refractivity contribution in [3.8, 4) is 0 Å². The minimum atomic E-state index is -0.527. The second-order valence-corrected chi connectivity index (χ2v) is 12.4. The molecule has 3 aliphatic rings. The number of nitrogens with one attached hydrogen (secondary N) is 2. The van der Waals surface area contributed by atoms with Crippen molar-refractivity contribution >= 4 is 23.5 Å². The predicted octanol–water partition coefficient (Wildman–Crippen LogP) is 4.50. The number of piperidine rings is 1. The monoisotopic (exact) mass is 578 g/mol. The van der Waals surface area contributed by atoms with Crippen molar-refractivity contribution < 1.29 is 19.1 Å². The largest absolute Gasteiger partial charge is 0.444 e. The van der Waals surface area contributed by atoms with Crippen LogP contribution in [0.1, 0.15) is 69.8 Å². The highest BCUT2D eigenvalue weighted by atomic mass is 16.6. The number of aliphatic imine (C=N–C) groups is 1. The number of aryl methyl sites for hydroxylation is 1. The van der Waals surface area contributed by atoms with Crippen molar-refractivity contribution in [2.75, 3.05) is 32.8 Å². The predicted molar refractivity (Wildman–Crippen MR) is 165 cm³/mol. The summed E-state index contributed by atoms with van der Waals surface area (Å²) in [5.41, 5.74) is 10.2. The van der Waals surface area contributed by atoms with Gasteiger partial charge < -0.3 is 35.6 Å². The molecule has 0 aliphatic carbocycles. The number of amidine groups is 1. The minimum absolute atomic E-state index is 0.00132. The number of dihydropyridines is 1. The first-order valence-electron chi connectivity index (χ1n) is 14.8. The van der Waals surface area contributed by atoms with Crippen LogP contribution in [0.5, 0.6) is 0 Å². The smallest absolute Gasteiger partial charge is 0.410 e. The van der Waals surface area contributed by atoms with Crippen LogP contribution in [0.15, 0.2) is 59.0 Å². The molecule has 3 aliphatic heterocycles. The van der Waals surface area contributed by atoms with E-state index in [1.165, 1.54) is 0 Å². The van der Waals surface area contributed by atoms with E-state index in [-0.39, 0.29) is 23.6 Å². The molecule has 0 bridgehead atoms. The molecule has 2 amide bonds. The van der Waals surface area contributed by atoms with Gasteiger partial charge in [0.1, 0.15) is 11.4 Å². The number of amides is 2. The van der Waals surface area contributed by atoms with Crippen LogP contribution in [0.25, 0.3) is 0 Å². The van der Waals surface area contributed by atoms with Gasteiger partial charge in [-0.1, -0.05) is 13.5 Å². The average Bonchev–Trinajstić information content (AvgIpc) is 2.92. The maximum absolute atomic E-state index is 13.2. The van der Waals surface area contributed by atoms with Crippen LogP contribution in [0.2, 0.25) is 0 Å². The third-order valence-corrected chi connectivity index (χ3v) is 8.10. The number of nitrogens with two attached hydrogens (primary N) is 1. The Bertz CT molecular complexity index is 1300.